The highest BCUT2D eigenvalue weighted by Gasteiger charge is 2.35. The summed E-state index contributed by atoms with van der Waals surface area (Å²) in [5.41, 5.74) is 1.77. The normalized spacial score (nSPS) is 14.3. The van der Waals surface area contributed by atoms with E-state index >= 15 is 0 Å². The van der Waals surface area contributed by atoms with Crippen LogP contribution in [-0.2, 0) is 9.59 Å². The molecule has 2 aliphatic heterocycles. The van der Waals surface area contributed by atoms with Gasteiger partial charge < -0.3 is 19.7 Å². The molecule has 0 saturated carbocycles. The highest BCUT2D eigenvalue weighted by Crippen LogP contribution is 2.34. The van der Waals surface area contributed by atoms with Crippen LogP contribution in [-0.4, -0.2) is 54.8 Å². The average Bonchev–Trinajstić information content (AvgIpc) is 3.14. The lowest BCUT2D eigenvalue weighted by Crippen LogP contribution is -2.41. The van der Waals surface area contributed by atoms with Crippen molar-refractivity contribution in [2.75, 3.05) is 36.5 Å². The topological polar surface area (TPSA) is 105 Å². The lowest BCUT2D eigenvalue weighted by Gasteiger charge is -2.29. The maximum atomic E-state index is 12.5. The standard InChI is InChI=1S/C27H23N3O6/c31-24(12-13-30-26(33)20-8-4-5-9-21(20)27(30)34)28-18-10-11-22-23(16-18)36-17-25(32)29(22)14-15-35-19-6-2-1-3-7-19/h1-11,16H,12-15,17H2,(H,28,31). The Labute approximate surface area is 207 Å². The second-order valence-corrected chi connectivity index (χ2v) is 8.28. The van der Waals surface area contributed by atoms with Crippen molar-refractivity contribution in [2.45, 2.75) is 6.42 Å². The largest absolute Gasteiger partial charge is 0.492 e. The number of carbonyl (C=O) groups excluding carboxylic acids is 4. The van der Waals surface area contributed by atoms with E-state index in [2.05, 4.69) is 5.32 Å². The summed E-state index contributed by atoms with van der Waals surface area (Å²) in [5.74, 6) is -0.147. The van der Waals surface area contributed by atoms with Crippen molar-refractivity contribution in [3.8, 4) is 11.5 Å². The first kappa shape index (κ1) is 23.1. The highest BCUT2D eigenvalue weighted by atomic mass is 16.5. The summed E-state index contributed by atoms with van der Waals surface area (Å²) in [7, 11) is 0. The van der Waals surface area contributed by atoms with Crippen molar-refractivity contribution < 1.29 is 28.7 Å². The molecule has 0 saturated heterocycles. The number of nitrogens with zero attached hydrogens (tertiary/aromatic N) is 2. The second-order valence-electron chi connectivity index (χ2n) is 8.28. The molecule has 3 aromatic carbocycles. The van der Waals surface area contributed by atoms with Gasteiger partial charge in [0.05, 0.1) is 23.4 Å². The molecule has 5 rings (SSSR count). The molecule has 9 nitrogen and oxygen atoms in total. The molecule has 36 heavy (non-hydrogen) atoms. The number of rotatable bonds is 8. The van der Waals surface area contributed by atoms with Gasteiger partial charge in [-0.05, 0) is 36.4 Å². The second kappa shape index (κ2) is 9.91. The maximum Gasteiger partial charge on any atom is 0.265 e. The van der Waals surface area contributed by atoms with Crippen molar-refractivity contribution in [2.24, 2.45) is 0 Å². The molecule has 4 amide bonds. The molecule has 9 heteroatoms. The molecule has 0 aliphatic carbocycles. The third-order valence-corrected chi connectivity index (χ3v) is 5.95. The fraction of sp³-hybridized carbons (Fsp3) is 0.185. The van der Waals surface area contributed by atoms with Gasteiger partial charge in [0, 0.05) is 24.7 Å². The number of para-hydroxylation sites is 1. The molecule has 0 atom stereocenters. The van der Waals surface area contributed by atoms with Crippen LogP contribution in [0.3, 0.4) is 0 Å². The van der Waals surface area contributed by atoms with Crippen molar-refractivity contribution in [3.05, 3.63) is 83.9 Å². The minimum atomic E-state index is -0.397. The average molecular weight is 485 g/mol. The Hall–Kier alpha value is -4.66. The number of hydrogen-bond acceptors (Lipinski definition) is 6. The number of benzene rings is 3. The van der Waals surface area contributed by atoms with E-state index in [-0.39, 0.29) is 31.4 Å². The fourth-order valence-electron chi connectivity index (χ4n) is 4.18. The number of imide groups is 1. The van der Waals surface area contributed by atoms with E-state index in [1.165, 1.54) is 0 Å². The first-order chi connectivity index (χ1) is 17.5. The van der Waals surface area contributed by atoms with E-state index in [0.717, 1.165) is 10.6 Å². The number of anilines is 2. The Morgan fingerprint density at radius 3 is 2.28 bits per heavy atom. The van der Waals surface area contributed by atoms with Gasteiger partial charge in [0.1, 0.15) is 18.1 Å². The molecule has 0 aromatic heterocycles. The summed E-state index contributed by atoms with van der Waals surface area (Å²) in [6.07, 6.45) is -0.0507. The lowest BCUT2D eigenvalue weighted by molar-refractivity contribution is -0.121. The lowest BCUT2D eigenvalue weighted by atomic mass is 10.1. The van der Waals surface area contributed by atoms with Crippen LogP contribution in [0.15, 0.2) is 72.8 Å². The molecule has 0 radical (unpaired) electrons. The number of fused-ring (bicyclic) bond motifs is 2. The number of amides is 4. The first-order valence-corrected chi connectivity index (χ1v) is 11.5. The van der Waals surface area contributed by atoms with E-state index in [9.17, 15) is 19.2 Å². The fourth-order valence-corrected chi connectivity index (χ4v) is 4.18. The minimum Gasteiger partial charge on any atom is -0.492 e. The summed E-state index contributed by atoms with van der Waals surface area (Å²) < 4.78 is 11.3. The van der Waals surface area contributed by atoms with Gasteiger partial charge in [-0.3, -0.25) is 24.1 Å². The molecular formula is C27H23N3O6. The van der Waals surface area contributed by atoms with Crippen LogP contribution in [0.25, 0.3) is 0 Å². The molecule has 2 heterocycles. The SMILES string of the molecule is O=C(CCN1C(=O)c2ccccc2C1=O)Nc1ccc2c(c1)OCC(=O)N2CCOc1ccccc1. The van der Waals surface area contributed by atoms with Crippen LogP contribution >= 0.6 is 0 Å². The first-order valence-electron chi connectivity index (χ1n) is 11.5. The van der Waals surface area contributed by atoms with Crippen LogP contribution in [0, 0.1) is 0 Å². The Morgan fingerprint density at radius 1 is 0.861 bits per heavy atom. The third kappa shape index (κ3) is 4.63. The summed E-state index contributed by atoms with van der Waals surface area (Å²) in [6, 6.07) is 21.0. The van der Waals surface area contributed by atoms with Gasteiger partial charge in [0.2, 0.25) is 5.91 Å². The van der Waals surface area contributed by atoms with Crippen LogP contribution in [0.1, 0.15) is 27.1 Å². The van der Waals surface area contributed by atoms with Gasteiger partial charge >= 0.3 is 0 Å². The zero-order chi connectivity index (χ0) is 25.1. The summed E-state index contributed by atoms with van der Waals surface area (Å²) in [6.45, 7) is 0.514. The molecule has 182 valence electrons. The van der Waals surface area contributed by atoms with E-state index in [4.69, 9.17) is 9.47 Å². The van der Waals surface area contributed by atoms with Crippen molar-refractivity contribution in [1.29, 1.82) is 0 Å². The Balaban J connectivity index is 1.18. The van der Waals surface area contributed by atoms with Gasteiger partial charge in [-0.2, -0.15) is 0 Å². The molecular weight excluding hydrogens is 462 g/mol. The Bertz CT molecular complexity index is 1310. The van der Waals surface area contributed by atoms with Gasteiger partial charge in [0.15, 0.2) is 6.61 Å². The predicted octanol–water partition coefficient (Wildman–Crippen LogP) is 3.12. The van der Waals surface area contributed by atoms with Crippen LogP contribution < -0.4 is 19.7 Å². The van der Waals surface area contributed by atoms with E-state index in [1.807, 2.05) is 30.3 Å². The third-order valence-electron chi connectivity index (χ3n) is 5.95. The summed E-state index contributed by atoms with van der Waals surface area (Å²) in [4.78, 5) is 52.6. The molecule has 0 bridgehead atoms. The monoisotopic (exact) mass is 485 g/mol. The van der Waals surface area contributed by atoms with Gasteiger partial charge in [-0.15, -0.1) is 0 Å². The molecule has 0 unspecified atom stereocenters. The molecule has 1 N–H and O–H groups in total. The molecule has 0 fully saturated rings. The minimum absolute atomic E-state index is 0.0245. The van der Waals surface area contributed by atoms with Crippen LogP contribution in [0.2, 0.25) is 0 Å². The summed E-state index contributed by atoms with van der Waals surface area (Å²) in [5, 5.41) is 2.76. The quantitative estimate of drug-likeness (QED) is 0.492. The number of carbonyl (C=O) groups is 4. The maximum absolute atomic E-state index is 12.5. The Morgan fingerprint density at radius 2 is 1.56 bits per heavy atom. The smallest absolute Gasteiger partial charge is 0.265 e. The van der Waals surface area contributed by atoms with E-state index < -0.39 is 11.8 Å². The number of nitrogens with one attached hydrogen (secondary N) is 1. The predicted molar refractivity (Wildman–Crippen MR) is 131 cm³/mol. The van der Waals surface area contributed by atoms with E-state index in [0.29, 0.717) is 41.4 Å². The van der Waals surface area contributed by atoms with Crippen LogP contribution in [0.4, 0.5) is 11.4 Å². The zero-order valence-corrected chi connectivity index (χ0v) is 19.3. The van der Waals surface area contributed by atoms with Gasteiger partial charge in [-0.25, -0.2) is 0 Å². The van der Waals surface area contributed by atoms with Crippen molar-refractivity contribution >= 4 is 35.0 Å². The number of hydrogen-bond donors (Lipinski definition) is 1. The zero-order valence-electron chi connectivity index (χ0n) is 19.3. The molecule has 2 aliphatic rings. The number of ether oxygens (including phenoxy) is 2. The molecule has 0 spiro atoms. The Kier molecular flexibility index (Phi) is 6.36. The highest BCUT2D eigenvalue weighted by molar-refractivity contribution is 6.21. The van der Waals surface area contributed by atoms with Crippen molar-refractivity contribution in [1.82, 2.24) is 4.90 Å². The van der Waals surface area contributed by atoms with Gasteiger partial charge in [-0.1, -0.05) is 30.3 Å². The van der Waals surface area contributed by atoms with Gasteiger partial charge in [0.25, 0.3) is 17.7 Å². The van der Waals surface area contributed by atoms with E-state index in [1.54, 1.807) is 47.4 Å². The van der Waals surface area contributed by atoms with Crippen LogP contribution in [0.5, 0.6) is 11.5 Å². The van der Waals surface area contributed by atoms with Crippen molar-refractivity contribution in [3.63, 3.8) is 0 Å². The summed E-state index contributed by atoms with van der Waals surface area (Å²) >= 11 is 0. The molecule has 3 aromatic rings.